The van der Waals surface area contributed by atoms with Crippen LogP contribution >= 0.6 is 0 Å². The zero-order chi connectivity index (χ0) is 22.7. The molecule has 0 bridgehead atoms. The van der Waals surface area contributed by atoms with E-state index in [-0.39, 0.29) is 24.6 Å². The van der Waals surface area contributed by atoms with Gasteiger partial charge < -0.3 is 19.4 Å². The maximum atomic E-state index is 13.3. The Hall–Kier alpha value is -3.81. The molecule has 8 nitrogen and oxygen atoms in total. The third-order valence-electron chi connectivity index (χ3n) is 5.48. The van der Waals surface area contributed by atoms with Crippen molar-refractivity contribution in [3.63, 3.8) is 0 Å². The lowest BCUT2D eigenvalue weighted by molar-refractivity contribution is -0.122. The molecule has 0 saturated carbocycles. The number of benzene rings is 2. The summed E-state index contributed by atoms with van der Waals surface area (Å²) in [4.78, 5) is 25.9. The number of nitrogens with zero attached hydrogens (tertiary/aromatic N) is 3. The summed E-state index contributed by atoms with van der Waals surface area (Å²) in [6, 6.07) is 13.3. The molecule has 1 N–H and O–H groups in total. The molecule has 2 heterocycles. The highest BCUT2D eigenvalue weighted by Gasteiger charge is 2.17. The van der Waals surface area contributed by atoms with Crippen LogP contribution in [0.25, 0.3) is 21.8 Å². The normalized spacial score (nSPS) is 11.1. The fraction of sp³-hybridized carbons (Fsp3) is 0.292. The minimum atomic E-state index is -0.318. The van der Waals surface area contributed by atoms with Crippen LogP contribution in [-0.2, 0) is 24.4 Å². The summed E-state index contributed by atoms with van der Waals surface area (Å²) in [6.07, 6.45) is 2.56. The number of aromatic nitrogens is 3. The van der Waals surface area contributed by atoms with Crippen molar-refractivity contribution in [2.24, 2.45) is 0 Å². The second kappa shape index (κ2) is 9.13. The number of hydrogen-bond acceptors (Lipinski definition) is 5. The van der Waals surface area contributed by atoms with E-state index in [0.29, 0.717) is 23.6 Å². The summed E-state index contributed by atoms with van der Waals surface area (Å²) >= 11 is 0. The van der Waals surface area contributed by atoms with E-state index >= 15 is 0 Å². The first kappa shape index (κ1) is 21.4. The molecule has 2 aromatic heterocycles. The number of carbonyl (C=O) groups is 1. The SMILES string of the molecule is CCCn1c2ccccc2c2cnn(CC(=O)NCc3cc(OC)ccc3OC)c(=O)c21. The third-order valence-corrected chi connectivity index (χ3v) is 5.48. The second-order valence-corrected chi connectivity index (χ2v) is 7.49. The average Bonchev–Trinajstić information content (AvgIpc) is 3.14. The first-order chi connectivity index (χ1) is 15.6. The topological polar surface area (TPSA) is 87.4 Å². The van der Waals surface area contributed by atoms with Crippen LogP contribution in [0.15, 0.2) is 53.5 Å². The summed E-state index contributed by atoms with van der Waals surface area (Å²) in [6.45, 7) is 2.85. The maximum Gasteiger partial charge on any atom is 0.291 e. The molecule has 0 unspecified atom stereocenters. The van der Waals surface area contributed by atoms with Crippen molar-refractivity contribution in [3.05, 3.63) is 64.6 Å². The van der Waals surface area contributed by atoms with Crippen LogP contribution < -0.4 is 20.3 Å². The minimum absolute atomic E-state index is 0.172. The predicted octanol–water partition coefficient (Wildman–Crippen LogP) is 3.09. The van der Waals surface area contributed by atoms with Gasteiger partial charge in [-0.1, -0.05) is 25.1 Å². The maximum absolute atomic E-state index is 13.3. The Morgan fingerprint density at radius 2 is 1.91 bits per heavy atom. The predicted molar refractivity (Wildman–Crippen MR) is 123 cm³/mol. The molecule has 0 aliphatic carbocycles. The van der Waals surface area contributed by atoms with Crippen molar-refractivity contribution in [1.82, 2.24) is 19.7 Å². The number of fused-ring (bicyclic) bond motifs is 3. The van der Waals surface area contributed by atoms with Crippen LogP contribution in [0, 0.1) is 0 Å². The number of ether oxygens (including phenoxy) is 2. The summed E-state index contributed by atoms with van der Waals surface area (Å²) < 4.78 is 13.8. The molecular formula is C24H26N4O4. The first-order valence-corrected chi connectivity index (χ1v) is 10.5. The molecule has 0 spiro atoms. The van der Waals surface area contributed by atoms with Gasteiger partial charge in [0.05, 0.1) is 20.4 Å². The Kier molecular flexibility index (Phi) is 6.11. The van der Waals surface area contributed by atoms with Crippen LogP contribution in [0.1, 0.15) is 18.9 Å². The van der Waals surface area contributed by atoms with Crippen molar-refractivity contribution >= 4 is 27.7 Å². The molecular weight excluding hydrogens is 408 g/mol. The van der Waals surface area contributed by atoms with E-state index in [9.17, 15) is 9.59 Å². The largest absolute Gasteiger partial charge is 0.497 e. The first-order valence-electron chi connectivity index (χ1n) is 10.5. The van der Waals surface area contributed by atoms with E-state index in [1.54, 1.807) is 38.6 Å². The number of methoxy groups -OCH3 is 2. The van der Waals surface area contributed by atoms with Gasteiger partial charge in [0.15, 0.2) is 0 Å². The highest BCUT2D eigenvalue weighted by Crippen LogP contribution is 2.26. The fourth-order valence-corrected chi connectivity index (χ4v) is 3.97. The number of hydrogen-bond donors (Lipinski definition) is 1. The van der Waals surface area contributed by atoms with Crippen LogP contribution in [0.3, 0.4) is 0 Å². The molecule has 8 heteroatoms. The van der Waals surface area contributed by atoms with Gasteiger partial charge in [0.1, 0.15) is 23.6 Å². The summed E-state index contributed by atoms with van der Waals surface area (Å²) in [5.74, 6) is 0.996. The van der Waals surface area contributed by atoms with E-state index in [4.69, 9.17) is 9.47 Å². The molecule has 0 radical (unpaired) electrons. The number of amides is 1. The summed E-state index contributed by atoms with van der Waals surface area (Å²) in [5.41, 5.74) is 2.07. The molecule has 0 fully saturated rings. The highest BCUT2D eigenvalue weighted by atomic mass is 16.5. The van der Waals surface area contributed by atoms with Gasteiger partial charge in [0, 0.05) is 34.9 Å². The Balaban J connectivity index is 1.60. The quantitative estimate of drug-likeness (QED) is 0.461. The molecule has 0 aliphatic heterocycles. The van der Waals surface area contributed by atoms with Gasteiger partial charge in [-0.3, -0.25) is 9.59 Å². The molecule has 0 atom stereocenters. The molecule has 0 saturated heterocycles. The molecule has 2 aromatic carbocycles. The zero-order valence-corrected chi connectivity index (χ0v) is 18.4. The third kappa shape index (κ3) is 3.91. The van der Waals surface area contributed by atoms with Crippen LogP contribution in [0.4, 0.5) is 0 Å². The van der Waals surface area contributed by atoms with Crippen LogP contribution in [0.5, 0.6) is 11.5 Å². The van der Waals surface area contributed by atoms with E-state index in [1.807, 2.05) is 28.8 Å². The van der Waals surface area contributed by atoms with Crippen molar-refractivity contribution in [2.75, 3.05) is 14.2 Å². The Morgan fingerprint density at radius 3 is 2.66 bits per heavy atom. The number of rotatable bonds is 8. The zero-order valence-electron chi connectivity index (χ0n) is 18.4. The van der Waals surface area contributed by atoms with Crippen molar-refractivity contribution in [3.8, 4) is 11.5 Å². The van der Waals surface area contributed by atoms with Crippen molar-refractivity contribution < 1.29 is 14.3 Å². The molecule has 32 heavy (non-hydrogen) atoms. The summed E-state index contributed by atoms with van der Waals surface area (Å²) in [5, 5.41) is 8.90. The fourth-order valence-electron chi connectivity index (χ4n) is 3.97. The number of nitrogens with one attached hydrogen (secondary N) is 1. The monoisotopic (exact) mass is 434 g/mol. The van der Waals surface area contributed by atoms with E-state index in [0.717, 1.165) is 28.3 Å². The van der Waals surface area contributed by atoms with Gasteiger partial charge in [-0.25, -0.2) is 4.68 Å². The average molecular weight is 434 g/mol. The Morgan fingerprint density at radius 1 is 1.09 bits per heavy atom. The summed E-state index contributed by atoms with van der Waals surface area (Å²) in [7, 11) is 3.15. The van der Waals surface area contributed by atoms with E-state index in [1.165, 1.54) is 4.68 Å². The van der Waals surface area contributed by atoms with Gasteiger partial charge in [-0.2, -0.15) is 5.10 Å². The molecule has 4 aromatic rings. The molecule has 0 aliphatic rings. The van der Waals surface area contributed by atoms with Crippen LogP contribution in [-0.4, -0.2) is 34.5 Å². The molecule has 4 rings (SSSR count). The second-order valence-electron chi connectivity index (χ2n) is 7.49. The van der Waals surface area contributed by atoms with E-state index < -0.39 is 0 Å². The lowest BCUT2D eigenvalue weighted by atomic mass is 10.2. The lowest BCUT2D eigenvalue weighted by Crippen LogP contribution is -2.33. The number of carbonyl (C=O) groups excluding carboxylic acids is 1. The van der Waals surface area contributed by atoms with Gasteiger partial charge >= 0.3 is 0 Å². The van der Waals surface area contributed by atoms with Gasteiger partial charge in [-0.15, -0.1) is 0 Å². The number of para-hydroxylation sites is 1. The van der Waals surface area contributed by atoms with Gasteiger partial charge in [0.2, 0.25) is 5.91 Å². The van der Waals surface area contributed by atoms with Crippen molar-refractivity contribution in [2.45, 2.75) is 33.0 Å². The van der Waals surface area contributed by atoms with Gasteiger partial charge in [0.25, 0.3) is 5.56 Å². The van der Waals surface area contributed by atoms with Crippen LogP contribution in [0.2, 0.25) is 0 Å². The molecule has 166 valence electrons. The Labute approximate surface area is 185 Å². The van der Waals surface area contributed by atoms with Gasteiger partial charge in [-0.05, 0) is 30.7 Å². The Bertz CT molecular complexity index is 1340. The van der Waals surface area contributed by atoms with E-state index in [2.05, 4.69) is 17.3 Å². The lowest BCUT2D eigenvalue weighted by Gasteiger charge is -2.12. The highest BCUT2D eigenvalue weighted by molar-refractivity contribution is 6.07. The standard InChI is InChI=1S/C24H26N4O4/c1-4-11-27-20-8-6-5-7-18(20)19-14-26-28(24(30)23(19)27)15-22(29)25-13-16-12-17(31-2)9-10-21(16)32-3/h5-10,12,14H,4,11,13,15H2,1-3H3,(H,25,29). The minimum Gasteiger partial charge on any atom is -0.497 e. The number of aryl methyl sites for hydroxylation is 1. The smallest absolute Gasteiger partial charge is 0.291 e. The van der Waals surface area contributed by atoms with Crippen molar-refractivity contribution in [1.29, 1.82) is 0 Å². The molecule has 1 amide bonds.